The summed E-state index contributed by atoms with van der Waals surface area (Å²) in [6, 6.07) is 0. The van der Waals surface area contributed by atoms with Crippen LogP contribution < -0.4 is 5.73 Å². The van der Waals surface area contributed by atoms with E-state index in [-0.39, 0.29) is 5.54 Å². The van der Waals surface area contributed by atoms with E-state index in [0.29, 0.717) is 5.71 Å². The normalized spacial score (nSPS) is 12.4. The van der Waals surface area contributed by atoms with Crippen molar-refractivity contribution in [2.45, 2.75) is 26.3 Å². The van der Waals surface area contributed by atoms with Crippen LogP contribution in [-0.4, -0.2) is 11.3 Å². The molecule has 3 N–H and O–H groups in total. The van der Waals surface area contributed by atoms with Gasteiger partial charge in [0.2, 0.25) is 0 Å². The Kier molecular flexibility index (Phi) is 2.59. The standard InChI is InChI=1S/C7H14N2/c1-6(8)4-5-7(2,3)9/h4-5,8H,9H2,1-3H3/b5-4-,8-6?. The average molecular weight is 126 g/mol. The van der Waals surface area contributed by atoms with Crippen LogP contribution in [0.3, 0.4) is 0 Å². The molecule has 0 amide bonds. The van der Waals surface area contributed by atoms with Gasteiger partial charge in [-0.1, -0.05) is 6.08 Å². The maximum absolute atomic E-state index is 7.03. The molecule has 0 saturated heterocycles. The summed E-state index contributed by atoms with van der Waals surface area (Å²) in [6.45, 7) is 5.52. The first-order valence-electron chi connectivity index (χ1n) is 2.95. The highest BCUT2D eigenvalue weighted by Gasteiger charge is 2.02. The number of nitrogens with one attached hydrogen (secondary N) is 1. The lowest BCUT2D eigenvalue weighted by molar-refractivity contribution is 0.655. The van der Waals surface area contributed by atoms with Crippen molar-refractivity contribution >= 4 is 5.71 Å². The first-order valence-corrected chi connectivity index (χ1v) is 2.95. The lowest BCUT2D eigenvalue weighted by atomic mass is 10.1. The summed E-state index contributed by atoms with van der Waals surface area (Å²) in [5, 5.41) is 7.03. The van der Waals surface area contributed by atoms with Gasteiger partial charge in [-0.05, 0) is 26.8 Å². The molecule has 2 nitrogen and oxygen atoms in total. The van der Waals surface area contributed by atoms with Crippen molar-refractivity contribution < 1.29 is 0 Å². The van der Waals surface area contributed by atoms with Gasteiger partial charge >= 0.3 is 0 Å². The predicted molar refractivity (Wildman–Crippen MR) is 40.8 cm³/mol. The molecule has 0 unspecified atom stereocenters. The highest BCUT2D eigenvalue weighted by atomic mass is 14.7. The number of hydrogen-bond donors (Lipinski definition) is 2. The van der Waals surface area contributed by atoms with E-state index in [1.165, 1.54) is 0 Å². The number of nitrogens with two attached hydrogens (primary N) is 1. The monoisotopic (exact) mass is 126 g/mol. The molecule has 9 heavy (non-hydrogen) atoms. The molecular formula is C7H14N2. The van der Waals surface area contributed by atoms with Gasteiger partial charge in [-0.25, -0.2) is 0 Å². The summed E-state index contributed by atoms with van der Waals surface area (Å²) in [5.41, 5.74) is 5.85. The van der Waals surface area contributed by atoms with Crippen molar-refractivity contribution in [3.05, 3.63) is 12.2 Å². The van der Waals surface area contributed by atoms with Crippen LogP contribution in [0.15, 0.2) is 12.2 Å². The van der Waals surface area contributed by atoms with E-state index in [2.05, 4.69) is 0 Å². The molecule has 0 aliphatic rings. The van der Waals surface area contributed by atoms with E-state index in [9.17, 15) is 0 Å². The van der Waals surface area contributed by atoms with Crippen LogP contribution in [-0.2, 0) is 0 Å². The Morgan fingerprint density at radius 3 is 2.11 bits per heavy atom. The summed E-state index contributed by atoms with van der Waals surface area (Å²) >= 11 is 0. The average Bonchev–Trinajstić information content (AvgIpc) is 1.59. The summed E-state index contributed by atoms with van der Waals surface area (Å²) in [4.78, 5) is 0. The third-order valence-electron chi connectivity index (χ3n) is 0.763. The Morgan fingerprint density at radius 1 is 1.56 bits per heavy atom. The fourth-order valence-corrected chi connectivity index (χ4v) is 0.340. The molecule has 2 heteroatoms. The van der Waals surface area contributed by atoms with Crippen molar-refractivity contribution in [3.63, 3.8) is 0 Å². The number of rotatable bonds is 2. The molecule has 0 fully saturated rings. The van der Waals surface area contributed by atoms with Crippen LogP contribution in [0.5, 0.6) is 0 Å². The lowest BCUT2D eigenvalue weighted by Gasteiger charge is -2.10. The molecule has 0 bridgehead atoms. The Hall–Kier alpha value is -0.630. The van der Waals surface area contributed by atoms with Gasteiger partial charge in [0.25, 0.3) is 0 Å². The zero-order chi connectivity index (χ0) is 7.49. The summed E-state index contributed by atoms with van der Waals surface area (Å²) in [6.07, 6.45) is 3.52. The molecule has 0 aromatic carbocycles. The van der Waals surface area contributed by atoms with Gasteiger partial charge in [0.1, 0.15) is 0 Å². The largest absolute Gasteiger partial charge is 0.322 e. The zero-order valence-corrected chi connectivity index (χ0v) is 6.23. The van der Waals surface area contributed by atoms with Gasteiger partial charge in [-0.15, -0.1) is 0 Å². The van der Waals surface area contributed by atoms with Gasteiger partial charge in [0.15, 0.2) is 0 Å². The second-order valence-electron chi connectivity index (χ2n) is 2.84. The fourth-order valence-electron chi connectivity index (χ4n) is 0.340. The Bertz CT molecular complexity index is 128. The minimum Gasteiger partial charge on any atom is -0.322 e. The van der Waals surface area contributed by atoms with E-state index >= 15 is 0 Å². The first kappa shape index (κ1) is 8.37. The minimum absolute atomic E-state index is 0.289. The molecule has 0 aliphatic carbocycles. The molecule has 0 spiro atoms. The number of hydrogen-bond acceptors (Lipinski definition) is 2. The summed E-state index contributed by atoms with van der Waals surface area (Å²) < 4.78 is 0. The molecule has 0 atom stereocenters. The first-order chi connectivity index (χ1) is 3.92. The second kappa shape index (κ2) is 2.78. The topological polar surface area (TPSA) is 49.9 Å². The lowest BCUT2D eigenvalue weighted by Crippen LogP contribution is -2.28. The van der Waals surface area contributed by atoms with E-state index < -0.39 is 0 Å². The van der Waals surface area contributed by atoms with Crippen LogP contribution in [0.25, 0.3) is 0 Å². The molecule has 0 aromatic heterocycles. The van der Waals surface area contributed by atoms with Crippen molar-refractivity contribution in [2.24, 2.45) is 5.73 Å². The van der Waals surface area contributed by atoms with Crippen molar-refractivity contribution in [3.8, 4) is 0 Å². The van der Waals surface area contributed by atoms with Crippen molar-refractivity contribution in [1.29, 1.82) is 5.41 Å². The summed E-state index contributed by atoms with van der Waals surface area (Å²) in [7, 11) is 0. The predicted octanol–water partition coefficient (Wildman–Crippen LogP) is 1.32. The zero-order valence-electron chi connectivity index (χ0n) is 6.23. The minimum atomic E-state index is -0.289. The highest BCUT2D eigenvalue weighted by Crippen LogP contribution is 1.97. The second-order valence-corrected chi connectivity index (χ2v) is 2.84. The number of allylic oxidation sites excluding steroid dienone is 1. The molecule has 0 saturated carbocycles. The quantitative estimate of drug-likeness (QED) is 0.539. The molecule has 0 aliphatic heterocycles. The van der Waals surface area contributed by atoms with Gasteiger partial charge in [-0.3, -0.25) is 0 Å². The SMILES string of the molecule is CC(=N)/C=C\C(C)(C)N. The van der Waals surface area contributed by atoms with E-state index in [1.54, 1.807) is 13.0 Å². The van der Waals surface area contributed by atoms with Crippen LogP contribution in [0.1, 0.15) is 20.8 Å². The summed E-state index contributed by atoms with van der Waals surface area (Å²) in [5.74, 6) is 0. The molecule has 0 rings (SSSR count). The van der Waals surface area contributed by atoms with Crippen molar-refractivity contribution in [2.75, 3.05) is 0 Å². The van der Waals surface area contributed by atoms with E-state index in [4.69, 9.17) is 11.1 Å². The maximum atomic E-state index is 7.03. The van der Waals surface area contributed by atoms with Crippen LogP contribution >= 0.6 is 0 Å². The highest BCUT2D eigenvalue weighted by molar-refractivity contribution is 5.89. The Balaban J connectivity index is 3.86. The van der Waals surface area contributed by atoms with E-state index in [1.807, 2.05) is 19.9 Å². The molecule has 52 valence electrons. The third-order valence-corrected chi connectivity index (χ3v) is 0.763. The van der Waals surface area contributed by atoms with Gasteiger partial charge < -0.3 is 11.1 Å². The van der Waals surface area contributed by atoms with Crippen LogP contribution in [0.4, 0.5) is 0 Å². The van der Waals surface area contributed by atoms with Crippen molar-refractivity contribution in [1.82, 2.24) is 0 Å². The smallest absolute Gasteiger partial charge is 0.0285 e. The van der Waals surface area contributed by atoms with Gasteiger partial charge in [0, 0.05) is 11.3 Å². The van der Waals surface area contributed by atoms with E-state index in [0.717, 1.165) is 0 Å². The molecule has 0 heterocycles. The van der Waals surface area contributed by atoms with Gasteiger partial charge in [0.05, 0.1) is 0 Å². The van der Waals surface area contributed by atoms with Crippen LogP contribution in [0.2, 0.25) is 0 Å². The third kappa shape index (κ3) is 7.37. The Labute approximate surface area is 56.3 Å². The molecule has 0 radical (unpaired) electrons. The van der Waals surface area contributed by atoms with Gasteiger partial charge in [-0.2, -0.15) is 0 Å². The molecule has 0 aromatic rings. The molecular weight excluding hydrogens is 112 g/mol. The van der Waals surface area contributed by atoms with Crippen LogP contribution in [0, 0.1) is 5.41 Å². The maximum Gasteiger partial charge on any atom is 0.0285 e. The Morgan fingerprint density at radius 2 is 2.00 bits per heavy atom. The fraction of sp³-hybridized carbons (Fsp3) is 0.571.